The van der Waals surface area contributed by atoms with Crippen LogP contribution >= 0.6 is 0 Å². The molecule has 1 rings (SSSR count). The minimum absolute atomic E-state index is 0.737. The quantitative estimate of drug-likeness (QED) is 0.492. The van der Waals surface area contributed by atoms with Gasteiger partial charge in [0.15, 0.2) is 0 Å². The molecule has 0 bridgehead atoms. The Hall–Kier alpha value is -0.643. The molecule has 0 unspecified atom stereocenters. The minimum Gasteiger partial charge on any atom is -0.370 e. The summed E-state index contributed by atoms with van der Waals surface area (Å²) >= 11 is 0. The van der Waals surface area contributed by atoms with E-state index < -0.39 is 0 Å². The molecule has 0 aliphatic heterocycles. The van der Waals surface area contributed by atoms with Crippen LogP contribution in [0.15, 0.2) is 30.3 Å². The van der Waals surface area contributed by atoms with Crippen molar-refractivity contribution in [1.29, 1.82) is 0 Å². The summed E-state index contributed by atoms with van der Waals surface area (Å²) < 4.78 is 7.30. The van der Waals surface area contributed by atoms with Crippen molar-refractivity contribution in [2.24, 2.45) is 0 Å². The molecule has 0 N–H and O–H groups in total. The van der Waals surface area contributed by atoms with Gasteiger partial charge in [-0.3, -0.25) is 0 Å². The number of nitrogens with zero attached hydrogens (tertiary/aromatic N) is 1. The molecule has 2 nitrogen and oxygen atoms in total. The van der Waals surface area contributed by atoms with Crippen LogP contribution in [-0.4, -0.2) is 28.8 Å². The van der Waals surface area contributed by atoms with Crippen LogP contribution in [0, 0.1) is 0 Å². The number of rotatable bonds is 4. The third-order valence-electron chi connectivity index (χ3n) is 1.64. The summed E-state index contributed by atoms with van der Waals surface area (Å²) in [7, 11) is 2.77. The minimum atomic E-state index is 0.737. The fourth-order valence-corrected chi connectivity index (χ4v) is 1.78. The van der Waals surface area contributed by atoms with Gasteiger partial charge in [-0.05, 0) is 5.56 Å². The largest absolute Gasteiger partial charge is 0.370 e. The third kappa shape index (κ3) is 3.17. The highest BCUT2D eigenvalue weighted by atomic mass is 28.2. The number of methoxy groups -OCH3 is 1. The van der Waals surface area contributed by atoms with E-state index in [2.05, 4.69) is 28.8 Å². The summed E-state index contributed by atoms with van der Waals surface area (Å²) in [6, 6.07) is 10.5. The van der Waals surface area contributed by atoms with Crippen molar-refractivity contribution in [2.45, 2.75) is 6.54 Å². The second-order valence-corrected chi connectivity index (χ2v) is 4.18. The average Bonchev–Trinajstić information content (AvgIpc) is 2.06. The van der Waals surface area contributed by atoms with E-state index in [1.807, 2.05) is 6.07 Å². The molecule has 0 aromatic heterocycles. The van der Waals surface area contributed by atoms with Crippen LogP contribution in [-0.2, 0) is 11.3 Å². The zero-order chi connectivity index (χ0) is 8.81. The zero-order valence-corrected chi connectivity index (χ0v) is 9.66. The lowest BCUT2D eigenvalue weighted by Gasteiger charge is -2.15. The maximum absolute atomic E-state index is 5.04. The van der Waals surface area contributed by atoms with Gasteiger partial charge in [0.2, 0.25) is 0 Å². The first-order valence-electron chi connectivity index (χ1n) is 4.04. The van der Waals surface area contributed by atoms with Crippen LogP contribution in [0.25, 0.3) is 0 Å². The van der Waals surface area contributed by atoms with Crippen molar-refractivity contribution in [3.8, 4) is 0 Å². The second kappa shape index (κ2) is 5.08. The van der Waals surface area contributed by atoms with Gasteiger partial charge in [0.25, 0.3) is 0 Å². The molecular weight excluding hydrogens is 166 g/mol. The summed E-state index contributed by atoms with van der Waals surface area (Å²) in [4.78, 5) is 0. The molecule has 66 valence electrons. The van der Waals surface area contributed by atoms with Gasteiger partial charge in [0, 0.05) is 13.7 Å². The van der Waals surface area contributed by atoms with Crippen molar-refractivity contribution in [2.75, 3.05) is 13.8 Å². The fourth-order valence-electron chi connectivity index (χ4n) is 1.16. The smallest absolute Gasteiger partial charge is 0.0923 e. The molecule has 0 saturated carbocycles. The average molecular weight is 181 g/mol. The van der Waals surface area contributed by atoms with E-state index >= 15 is 0 Å². The van der Waals surface area contributed by atoms with E-state index in [9.17, 15) is 0 Å². The number of ether oxygens (including phenoxy) is 1. The molecule has 1 aromatic carbocycles. The molecule has 0 saturated heterocycles. The second-order valence-electron chi connectivity index (χ2n) is 2.92. The van der Waals surface area contributed by atoms with Gasteiger partial charge in [0.05, 0.1) is 17.1 Å². The SMILES string of the molecule is COCN([SiH3])Cc1ccccc1. The summed E-state index contributed by atoms with van der Waals surface area (Å²) in [5, 5.41) is 0. The zero-order valence-electron chi connectivity index (χ0n) is 7.66. The Bertz CT molecular complexity index is 215. The van der Waals surface area contributed by atoms with Gasteiger partial charge >= 0.3 is 0 Å². The van der Waals surface area contributed by atoms with Crippen molar-refractivity contribution in [3.05, 3.63) is 35.9 Å². The molecule has 0 heterocycles. The predicted molar refractivity (Wildman–Crippen MR) is 53.8 cm³/mol. The van der Waals surface area contributed by atoms with E-state index in [1.54, 1.807) is 7.11 Å². The molecule has 3 heteroatoms. The van der Waals surface area contributed by atoms with Crippen molar-refractivity contribution in [1.82, 2.24) is 4.57 Å². The summed E-state index contributed by atoms with van der Waals surface area (Å²) in [6.45, 7) is 1.74. The van der Waals surface area contributed by atoms with Gasteiger partial charge in [-0.1, -0.05) is 30.3 Å². The predicted octanol–water partition coefficient (Wildman–Crippen LogP) is 0.373. The monoisotopic (exact) mass is 181 g/mol. The van der Waals surface area contributed by atoms with Crippen molar-refractivity contribution in [3.63, 3.8) is 0 Å². The third-order valence-corrected chi connectivity index (χ3v) is 2.22. The van der Waals surface area contributed by atoms with E-state index in [0.717, 1.165) is 23.7 Å². The highest BCUT2D eigenvalue weighted by Gasteiger charge is 1.96. The maximum atomic E-state index is 5.04. The van der Waals surface area contributed by atoms with Crippen LogP contribution in [0.5, 0.6) is 0 Å². The van der Waals surface area contributed by atoms with Crippen molar-refractivity contribution >= 4 is 10.4 Å². The molecule has 0 aliphatic carbocycles. The first-order chi connectivity index (χ1) is 5.83. The topological polar surface area (TPSA) is 12.5 Å². The molecule has 12 heavy (non-hydrogen) atoms. The molecule has 0 amide bonds. The van der Waals surface area contributed by atoms with Gasteiger partial charge < -0.3 is 9.30 Å². The Kier molecular flexibility index (Phi) is 4.00. The lowest BCUT2D eigenvalue weighted by atomic mass is 10.2. The highest BCUT2D eigenvalue weighted by Crippen LogP contribution is 2.01. The van der Waals surface area contributed by atoms with Crippen LogP contribution < -0.4 is 0 Å². The molecule has 0 atom stereocenters. The van der Waals surface area contributed by atoms with Crippen LogP contribution in [0.2, 0.25) is 0 Å². The Balaban J connectivity index is 2.41. The molecule has 0 spiro atoms. The van der Waals surface area contributed by atoms with E-state index in [-0.39, 0.29) is 0 Å². The number of benzene rings is 1. The standard InChI is InChI=1S/C9H15NOSi/c1-11-8-10(12)7-9-5-3-2-4-6-9/h2-6H,7-8H2,1,12H3. The Morgan fingerprint density at radius 3 is 2.58 bits per heavy atom. The molecule has 0 aliphatic rings. The van der Waals surface area contributed by atoms with E-state index in [4.69, 9.17) is 4.74 Å². The fraction of sp³-hybridized carbons (Fsp3) is 0.333. The van der Waals surface area contributed by atoms with Gasteiger partial charge in [0.1, 0.15) is 0 Å². The Morgan fingerprint density at radius 1 is 1.33 bits per heavy atom. The summed E-state index contributed by atoms with van der Waals surface area (Å²) in [5.74, 6) is 0. The first kappa shape index (κ1) is 9.44. The lowest BCUT2D eigenvalue weighted by molar-refractivity contribution is 0.115. The van der Waals surface area contributed by atoms with Crippen LogP contribution in [0.4, 0.5) is 0 Å². The molecule has 0 fully saturated rings. The Morgan fingerprint density at radius 2 is 2.00 bits per heavy atom. The van der Waals surface area contributed by atoms with Gasteiger partial charge in [-0.15, -0.1) is 0 Å². The van der Waals surface area contributed by atoms with Gasteiger partial charge in [-0.2, -0.15) is 0 Å². The number of hydrogen-bond acceptors (Lipinski definition) is 2. The highest BCUT2D eigenvalue weighted by molar-refractivity contribution is 6.04. The van der Waals surface area contributed by atoms with E-state index in [0.29, 0.717) is 0 Å². The number of hydrogen-bond donors (Lipinski definition) is 0. The summed E-state index contributed by atoms with van der Waals surface area (Å²) in [6.07, 6.45) is 0. The Labute approximate surface area is 76.7 Å². The van der Waals surface area contributed by atoms with Crippen LogP contribution in [0.3, 0.4) is 0 Å². The molecular formula is C9H15NOSi. The van der Waals surface area contributed by atoms with Crippen molar-refractivity contribution < 1.29 is 4.74 Å². The normalized spacial score (nSPS) is 10.8. The summed E-state index contributed by atoms with van der Waals surface area (Å²) in [5.41, 5.74) is 1.35. The van der Waals surface area contributed by atoms with E-state index in [1.165, 1.54) is 5.56 Å². The lowest BCUT2D eigenvalue weighted by Crippen LogP contribution is -2.21. The maximum Gasteiger partial charge on any atom is 0.0923 e. The first-order valence-corrected chi connectivity index (χ1v) is 4.94. The molecule has 0 radical (unpaired) electrons. The molecule has 1 aromatic rings. The van der Waals surface area contributed by atoms with Gasteiger partial charge in [-0.25, -0.2) is 0 Å². The van der Waals surface area contributed by atoms with Crippen LogP contribution in [0.1, 0.15) is 5.56 Å².